The van der Waals surface area contributed by atoms with Crippen molar-refractivity contribution < 1.29 is 17.9 Å². The van der Waals surface area contributed by atoms with Crippen molar-refractivity contribution in [3.63, 3.8) is 0 Å². The lowest BCUT2D eigenvalue weighted by molar-refractivity contribution is -0.114. The zero-order valence-corrected chi connectivity index (χ0v) is 20.1. The van der Waals surface area contributed by atoms with E-state index in [0.717, 1.165) is 43.6 Å². The molecule has 0 aliphatic carbocycles. The molecule has 2 N–H and O–H groups in total. The number of hydrogen-bond donors (Lipinski definition) is 2. The minimum atomic E-state index is -3.63. The first-order valence-corrected chi connectivity index (χ1v) is 13.0. The van der Waals surface area contributed by atoms with Crippen LogP contribution in [0, 0.1) is 5.92 Å². The molecule has 34 heavy (non-hydrogen) atoms. The number of fused-ring (bicyclic) bond motifs is 1. The SMILES string of the molecule is CC(=O)Nc1cccc(OCCN2CCC(CNS(=O)(=O)c3cccc4cccnc34)CC2)c1. The molecule has 0 bridgehead atoms. The maximum Gasteiger partial charge on any atom is 0.242 e. The zero-order chi connectivity index (χ0) is 24.0. The predicted octanol–water partition coefficient (Wildman–Crippen LogP) is 3.26. The van der Waals surface area contributed by atoms with Crippen molar-refractivity contribution in [1.29, 1.82) is 0 Å². The van der Waals surface area contributed by atoms with E-state index >= 15 is 0 Å². The van der Waals surface area contributed by atoms with E-state index in [-0.39, 0.29) is 10.8 Å². The second-order valence-corrected chi connectivity index (χ2v) is 10.3. The predicted molar refractivity (Wildman–Crippen MR) is 132 cm³/mol. The van der Waals surface area contributed by atoms with Crippen LogP contribution in [0.25, 0.3) is 10.9 Å². The summed E-state index contributed by atoms with van der Waals surface area (Å²) in [6, 6.07) is 16.2. The van der Waals surface area contributed by atoms with E-state index in [1.807, 2.05) is 36.4 Å². The number of aromatic nitrogens is 1. The van der Waals surface area contributed by atoms with Crippen LogP contribution in [0.15, 0.2) is 65.7 Å². The average Bonchev–Trinajstić information content (AvgIpc) is 2.83. The van der Waals surface area contributed by atoms with E-state index in [0.29, 0.717) is 30.3 Å². The third-order valence-corrected chi connectivity index (χ3v) is 7.44. The normalized spacial score (nSPS) is 15.3. The molecule has 0 spiro atoms. The molecule has 2 heterocycles. The van der Waals surface area contributed by atoms with Gasteiger partial charge in [0.1, 0.15) is 17.3 Å². The highest BCUT2D eigenvalue weighted by atomic mass is 32.2. The van der Waals surface area contributed by atoms with Crippen molar-refractivity contribution in [2.45, 2.75) is 24.7 Å². The fraction of sp³-hybridized carbons (Fsp3) is 0.360. The van der Waals surface area contributed by atoms with Gasteiger partial charge in [-0.1, -0.05) is 24.3 Å². The van der Waals surface area contributed by atoms with Crippen LogP contribution >= 0.6 is 0 Å². The summed E-state index contributed by atoms with van der Waals surface area (Å²) in [7, 11) is -3.63. The van der Waals surface area contributed by atoms with E-state index in [2.05, 4.69) is 19.9 Å². The van der Waals surface area contributed by atoms with Crippen molar-refractivity contribution in [2.75, 3.05) is 38.1 Å². The molecule has 1 aliphatic heterocycles. The highest BCUT2D eigenvalue weighted by Gasteiger charge is 2.23. The summed E-state index contributed by atoms with van der Waals surface area (Å²) in [6.07, 6.45) is 3.46. The molecule has 8 nitrogen and oxygen atoms in total. The van der Waals surface area contributed by atoms with Crippen LogP contribution < -0.4 is 14.8 Å². The van der Waals surface area contributed by atoms with Gasteiger partial charge in [-0.15, -0.1) is 0 Å². The Bertz CT molecular complexity index is 1240. The first kappa shape index (κ1) is 24.1. The highest BCUT2D eigenvalue weighted by molar-refractivity contribution is 7.89. The largest absolute Gasteiger partial charge is 0.492 e. The third kappa shape index (κ3) is 6.31. The summed E-state index contributed by atoms with van der Waals surface area (Å²) in [5, 5.41) is 3.56. The van der Waals surface area contributed by atoms with Gasteiger partial charge in [0.15, 0.2) is 0 Å². The lowest BCUT2D eigenvalue weighted by atomic mass is 9.97. The second kappa shape index (κ2) is 10.9. The topological polar surface area (TPSA) is 101 Å². The Morgan fingerprint density at radius 2 is 1.88 bits per heavy atom. The highest BCUT2D eigenvalue weighted by Crippen LogP contribution is 2.22. The van der Waals surface area contributed by atoms with Crippen LogP contribution in [0.1, 0.15) is 19.8 Å². The van der Waals surface area contributed by atoms with Gasteiger partial charge in [0.25, 0.3) is 0 Å². The van der Waals surface area contributed by atoms with Gasteiger partial charge in [-0.3, -0.25) is 14.7 Å². The Balaban J connectivity index is 1.22. The van der Waals surface area contributed by atoms with Gasteiger partial charge >= 0.3 is 0 Å². The molecule has 180 valence electrons. The molecule has 9 heteroatoms. The molecule has 0 saturated carbocycles. The molecule has 1 saturated heterocycles. The third-order valence-electron chi connectivity index (χ3n) is 5.99. The molecule has 4 rings (SSSR count). The number of hydrogen-bond acceptors (Lipinski definition) is 6. The van der Waals surface area contributed by atoms with Gasteiger partial charge in [-0.25, -0.2) is 13.1 Å². The van der Waals surface area contributed by atoms with Crippen LogP contribution in [0.3, 0.4) is 0 Å². The number of rotatable bonds is 9. The minimum absolute atomic E-state index is 0.115. The molecule has 0 radical (unpaired) electrons. The molecule has 1 amide bonds. The summed E-state index contributed by atoms with van der Waals surface area (Å²) in [4.78, 5) is 18.0. The number of ether oxygens (including phenoxy) is 1. The van der Waals surface area contributed by atoms with Crippen molar-refractivity contribution in [3.8, 4) is 5.75 Å². The van der Waals surface area contributed by atoms with Crippen molar-refractivity contribution >= 4 is 32.5 Å². The minimum Gasteiger partial charge on any atom is -0.492 e. The molecule has 1 fully saturated rings. The van der Waals surface area contributed by atoms with Crippen LogP contribution in [0.4, 0.5) is 5.69 Å². The van der Waals surface area contributed by atoms with E-state index in [1.165, 1.54) is 6.92 Å². The molecule has 2 aromatic carbocycles. The molecule has 1 aromatic heterocycles. The smallest absolute Gasteiger partial charge is 0.242 e. The number of para-hydroxylation sites is 1. The fourth-order valence-electron chi connectivity index (χ4n) is 4.17. The molecule has 0 atom stereocenters. The Morgan fingerprint density at radius 3 is 2.68 bits per heavy atom. The van der Waals surface area contributed by atoms with Gasteiger partial charge in [0.05, 0.1) is 5.52 Å². The number of carbonyl (C=O) groups is 1. The number of carbonyl (C=O) groups excluding carboxylic acids is 1. The summed E-state index contributed by atoms with van der Waals surface area (Å²) < 4.78 is 34.5. The molecular formula is C25H30N4O4S. The van der Waals surface area contributed by atoms with Gasteiger partial charge in [-0.05, 0) is 56.1 Å². The molecular weight excluding hydrogens is 452 g/mol. The molecule has 0 unspecified atom stereocenters. The Labute approximate surface area is 200 Å². The van der Waals surface area contributed by atoms with Crippen molar-refractivity contribution in [3.05, 3.63) is 60.8 Å². The Kier molecular flexibility index (Phi) is 7.77. The van der Waals surface area contributed by atoms with Crippen molar-refractivity contribution in [2.24, 2.45) is 5.92 Å². The van der Waals surface area contributed by atoms with Crippen LogP contribution in [-0.2, 0) is 14.8 Å². The number of nitrogens with zero attached hydrogens (tertiary/aromatic N) is 2. The van der Waals surface area contributed by atoms with Crippen LogP contribution in [0.5, 0.6) is 5.75 Å². The number of sulfonamides is 1. The maximum atomic E-state index is 12.9. The lowest BCUT2D eigenvalue weighted by Crippen LogP contribution is -2.40. The van der Waals surface area contributed by atoms with Gasteiger partial charge < -0.3 is 10.1 Å². The lowest BCUT2D eigenvalue weighted by Gasteiger charge is -2.31. The van der Waals surface area contributed by atoms with Gasteiger partial charge in [0.2, 0.25) is 15.9 Å². The number of likely N-dealkylation sites (tertiary alicyclic amines) is 1. The van der Waals surface area contributed by atoms with E-state index in [4.69, 9.17) is 4.74 Å². The van der Waals surface area contributed by atoms with Crippen LogP contribution in [0.2, 0.25) is 0 Å². The van der Waals surface area contributed by atoms with Gasteiger partial charge in [0, 0.05) is 43.4 Å². The Hall–Kier alpha value is -3.01. The fourth-order valence-corrected chi connectivity index (χ4v) is 5.47. The first-order valence-electron chi connectivity index (χ1n) is 11.5. The van der Waals surface area contributed by atoms with Crippen molar-refractivity contribution in [1.82, 2.24) is 14.6 Å². The van der Waals surface area contributed by atoms with E-state index < -0.39 is 10.0 Å². The second-order valence-electron chi connectivity index (χ2n) is 8.53. The zero-order valence-electron chi connectivity index (χ0n) is 19.2. The summed E-state index contributed by atoms with van der Waals surface area (Å²) in [5.74, 6) is 0.902. The van der Waals surface area contributed by atoms with E-state index in [9.17, 15) is 13.2 Å². The number of benzene rings is 2. The number of pyridine rings is 1. The van der Waals surface area contributed by atoms with E-state index in [1.54, 1.807) is 24.4 Å². The molecule has 3 aromatic rings. The number of piperidine rings is 1. The number of amides is 1. The average molecular weight is 483 g/mol. The van der Waals surface area contributed by atoms with Gasteiger partial charge in [-0.2, -0.15) is 0 Å². The Morgan fingerprint density at radius 1 is 1.12 bits per heavy atom. The quantitative estimate of drug-likeness (QED) is 0.486. The number of anilines is 1. The summed E-state index contributed by atoms with van der Waals surface area (Å²) in [5.41, 5.74) is 1.21. The number of nitrogens with one attached hydrogen (secondary N) is 2. The summed E-state index contributed by atoms with van der Waals surface area (Å²) >= 11 is 0. The molecule has 1 aliphatic rings. The maximum absolute atomic E-state index is 12.9. The van der Waals surface area contributed by atoms with Crippen LogP contribution in [-0.4, -0.2) is 57.0 Å². The monoisotopic (exact) mass is 482 g/mol. The standard InChI is InChI=1S/C25H30N4O4S/c1-19(30)28-22-7-3-8-23(17-22)33-16-15-29-13-10-20(11-14-29)18-27-34(31,32)24-9-2-5-21-6-4-12-26-25(21)24/h2-9,12,17,20,27H,10-11,13-16,18H2,1H3,(H,28,30). The summed E-state index contributed by atoms with van der Waals surface area (Å²) in [6.45, 7) is 5.04. The first-order chi connectivity index (χ1) is 16.4.